The Morgan fingerprint density at radius 1 is 1.09 bits per heavy atom. The number of aryl methyl sites for hydroxylation is 1. The molecular formula is C9H15NSi. The fraction of sp³-hybridized carbons (Fsp3) is 0.333. The van der Waals surface area contributed by atoms with Gasteiger partial charge in [-0.3, -0.25) is 0 Å². The second-order valence-corrected chi connectivity index (χ2v) is 3.77. The van der Waals surface area contributed by atoms with Gasteiger partial charge < -0.3 is 5.73 Å². The van der Waals surface area contributed by atoms with Crippen molar-refractivity contribution in [1.82, 2.24) is 0 Å². The Hall–Kier alpha value is -0.603. The third-order valence-electron chi connectivity index (χ3n) is 1.80. The van der Waals surface area contributed by atoms with E-state index in [9.17, 15) is 0 Å². The molecule has 1 rings (SSSR count). The normalized spacial score (nSPS) is 10.3. The summed E-state index contributed by atoms with van der Waals surface area (Å²) in [5.74, 6) is 0. The van der Waals surface area contributed by atoms with E-state index in [0.29, 0.717) is 6.54 Å². The van der Waals surface area contributed by atoms with E-state index in [1.54, 1.807) is 0 Å². The first-order valence-corrected chi connectivity index (χ1v) is 5.56. The lowest BCUT2D eigenvalue weighted by molar-refractivity contribution is 1.06. The standard InChI is InChI=1S/C9H15NSi/c10-7-9-3-1-8(2-4-9)5-6-11/h1-4H,5-7,10H2,11H3. The van der Waals surface area contributed by atoms with Crippen molar-refractivity contribution in [3.63, 3.8) is 0 Å². The van der Waals surface area contributed by atoms with Crippen LogP contribution in [-0.2, 0) is 13.0 Å². The van der Waals surface area contributed by atoms with Gasteiger partial charge in [-0.15, -0.1) is 0 Å². The average Bonchev–Trinajstić information content (AvgIpc) is 2.07. The minimum absolute atomic E-state index is 0.654. The monoisotopic (exact) mass is 165 g/mol. The lowest BCUT2D eigenvalue weighted by Crippen LogP contribution is -1.95. The van der Waals surface area contributed by atoms with Crippen LogP contribution in [0.25, 0.3) is 0 Å². The summed E-state index contributed by atoms with van der Waals surface area (Å²) in [6.07, 6.45) is 1.23. The van der Waals surface area contributed by atoms with Crippen molar-refractivity contribution in [3.05, 3.63) is 35.4 Å². The molecule has 0 aliphatic rings. The quantitative estimate of drug-likeness (QED) is 0.647. The minimum atomic E-state index is 0.654. The van der Waals surface area contributed by atoms with E-state index in [1.165, 1.54) is 33.8 Å². The lowest BCUT2D eigenvalue weighted by Gasteiger charge is -1.99. The summed E-state index contributed by atoms with van der Waals surface area (Å²) < 4.78 is 0. The number of rotatable bonds is 3. The van der Waals surface area contributed by atoms with Gasteiger partial charge >= 0.3 is 0 Å². The summed E-state index contributed by atoms with van der Waals surface area (Å²) in [7, 11) is 1.30. The Balaban J connectivity index is 2.66. The number of benzene rings is 1. The van der Waals surface area contributed by atoms with Gasteiger partial charge in [0, 0.05) is 16.8 Å². The first-order valence-electron chi connectivity index (χ1n) is 4.14. The molecule has 0 spiro atoms. The first kappa shape index (κ1) is 8.49. The third-order valence-corrected chi connectivity index (χ3v) is 2.30. The number of hydrogen-bond donors (Lipinski definition) is 1. The summed E-state index contributed by atoms with van der Waals surface area (Å²) >= 11 is 0. The zero-order valence-corrected chi connectivity index (χ0v) is 9.01. The summed E-state index contributed by atoms with van der Waals surface area (Å²) in [4.78, 5) is 0. The van der Waals surface area contributed by atoms with Crippen LogP contribution in [0.4, 0.5) is 0 Å². The molecule has 0 saturated heterocycles. The average molecular weight is 165 g/mol. The van der Waals surface area contributed by atoms with Crippen LogP contribution in [0.5, 0.6) is 0 Å². The smallest absolute Gasteiger partial charge is 0.0178 e. The maximum Gasteiger partial charge on any atom is 0.0178 e. The maximum atomic E-state index is 5.48. The topological polar surface area (TPSA) is 26.0 Å². The molecular weight excluding hydrogens is 150 g/mol. The lowest BCUT2D eigenvalue weighted by atomic mass is 10.1. The van der Waals surface area contributed by atoms with Crippen LogP contribution in [0, 0.1) is 0 Å². The van der Waals surface area contributed by atoms with Gasteiger partial charge in [-0.05, 0) is 17.5 Å². The molecule has 1 nitrogen and oxygen atoms in total. The van der Waals surface area contributed by atoms with Crippen molar-refractivity contribution in [1.29, 1.82) is 0 Å². The predicted molar refractivity (Wildman–Crippen MR) is 52.8 cm³/mol. The Morgan fingerprint density at radius 3 is 2.09 bits per heavy atom. The minimum Gasteiger partial charge on any atom is -0.326 e. The molecule has 0 amide bonds. The van der Waals surface area contributed by atoms with Crippen molar-refractivity contribution in [2.45, 2.75) is 19.0 Å². The molecule has 11 heavy (non-hydrogen) atoms. The highest BCUT2D eigenvalue weighted by molar-refractivity contribution is 6.08. The Labute approximate surface area is 71.0 Å². The Bertz CT molecular complexity index is 205. The summed E-state index contributed by atoms with van der Waals surface area (Å²) in [5.41, 5.74) is 8.15. The molecule has 2 N–H and O–H groups in total. The molecule has 1 aromatic carbocycles. The fourth-order valence-electron chi connectivity index (χ4n) is 1.13. The van der Waals surface area contributed by atoms with Crippen LogP contribution in [-0.4, -0.2) is 10.2 Å². The van der Waals surface area contributed by atoms with Crippen LogP contribution < -0.4 is 5.73 Å². The van der Waals surface area contributed by atoms with Crippen molar-refractivity contribution < 1.29 is 0 Å². The molecule has 0 aliphatic heterocycles. The maximum absolute atomic E-state index is 5.48. The largest absolute Gasteiger partial charge is 0.326 e. The molecule has 0 radical (unpaired) electrons. The van der Waals surface area contributed by atoms with Crippen LogP contribution in [0.1, 0.15) is 11.1 Å². The van der Waals surface area contributed by atoms with Gasteiger partial charge in [0.15, 0.2) is 0 Å². The molecule has 2 heteroatoms. The number of hydrogen-bond acceptors (Lipinski definition) is 1. The van der Waals surface area contributed by atoms with E-state index in [2.05, 4.69) is 24.3 Å². The van der Waals surface area contributed by atoms with Crippen molar-refractivity contribution in [3.8, 4) is 0 Å². The molecule has 0 unspecified atom stereocenters. The van der Waals surface area contributed by atoms with Crippen molar-refractivity contribution in [2.75, 3.05) is 0 Å². The van der Waals surface area contributed by atoms with Crippen LogP contribution in [0.3, 0.4) is 0 Å². The molecule has 0 heterocycles. The Morgan fingerprint density at radius 2 is 1.64 bits per heavy atom. The van der Waals surface area contributed by atoms with Crippen LogP contribution in [0.2, 0.25) is 6.04 Å². The molecule has 0 bridgehead atoms. The molecule has 0 aliphatic carbocycles. The van der Waals surface area contributed by atoms with E-state index >= 15 is 0 Å². The van der Waals surface area contributed by atoms with E-state index in [-0.39, 0.29) is 0 Å². The molecule has 0 saturated carbocycles. The highest BCUT2D eigenvalue weighted by atomic mass is 28.1. The second-order valence-electron chi connectivity index (χ2n) is 2.77. The van der Waals surface area contributed by atoms with Gasteiger partial charge in [0.2, 0.25) is 0 Å². The molecule has 1 aromatic rings. The highest BCUT2D eigenvalue weighted by Gasteiger charge is 1.90. The van der Waals surface area contributed by atoms with Gasteiger partial charge in [-0.25, -0.2) is 0 Å². The van der Waals surface area contributed by atoms with Gasteiger partial charge in [0.05, 0.1) is 0 Å². The van der Waals surface area contributed by atoms with Crippen molar-refractivity contribution >= 4 is 10.2 Å². The third kappa shape index (κ3) is 2.48. The summed E-state index contributed by atoms with van der Waals surface area (Å²) in [6.45, 7) is 0.654. The van der Waals surface area contributed by atoms with Crippen LogP contribution in [0.15, 0.2) is 24.3 Å². The summed E-state index contributed by atoms with van der Waals surface area (Å²) in [6, 6.07) is 9.95. The van der Waals surface area contributed by atoms with Crippen LogP contribution >= 0.6 is 0 Å². The zero-order chi connectivity index (χ0) is 8.10. The van der Waals surface area contributed by atoms with Gasteiger partial charge in [0.25, 0.3) is 0 Å². The van der Waals surface area contributed by atoms with E-state index < -0.39 is 0 Å². The van der Waals surface area contributed by atoms with E-state index in [0.717, 1.165) is 0 Å². The summed E-state index contributed by atoms with van der Waals surface area (Å²) in [5, 5.41) is 0. The first-order chi connectivity index (χ1) is 5.36. The molecule has 0 atom stereocenters. The SMILES string of the molecule is NCc1ccc(CC[SiH3])cc1. The predicted octanol–water partition coefficient (Wildman–Crippen LogP) is 0.471. The van der Waals surface area contributed by atoms with Gasteiger partial charge in [0.1, 0.15) is 0 Å². The molecule has 60 valence electrons. The zero-order valence-electron chi connectivity index (χ0n) is 7.01. The fourth-order valence-corrected chi connectivity index (χ4v) is 1.71. The molecule has 0 aromatic heterocycles. The van der Waals surface area contributed by atoms with E-state index in [1.807, 2.05) is 0 Å². The van der Waals surface area contributed by atoms with Gasteiger partial charge in [-0.2, -0.15) is 0 Å². The van der Waals surface area contributed by atoms with E-state index in [4.69, 9.17) is 5.73 Å². The number of nitrogens with two attached hydrogens (primary N) is 1. The second kappa shape index (κ2) is 4.31. The highest BCUT2D eigenvalue weighted by Crippen LogP contribution is 2.05. The van der Waals surface area contributed by atoms with Crippen molar-refractivity contribution in [2.24, 2.45) is 5.73 Å². The Kier molecular flexibility index (Phi) is 3.33. The molecule has 0 fully saturated rings. The van der Waals surface area contributed by atoms with Gasteiger partial charge in [-0.1, -0.05) is 30.3 Å².